The molecule has 1 N–H and O–H groups in total. The second-order valence-electron chi connectivity index (χ2n) is 4.84. The predicted octanol–water partition coefficient (Wildman–Crippen LogP) is 3.44. The maximum Gasteiger partial charge on any atom is 0.262 e. The number of anilines is 1. The molecule has 0 spiro atoms. The van der Waals surface area contributed by atoms with Crippen LogP contribution in [0.15, 0.2) is 28.8 Å². The van der Waals surface area contributed by atoms with E-state index in [1.165, 1.54) is 22.7 Å². The smallest absolute Gasteiger partial charge is 0.262 e. The van der Waals surface area contributed by atoms with Crippen LogP contribution >= 0.6 is 11.5 Å². The molecule has 6 heteroatoms. The van der Waals surface area contributed by atoms with Crippen LogP contribution in [-0.2, 0) is 6.42 Å². The van der Waals surface area contributed by atoms with Gasteiger partial charge in [0, 0.05) is 13.5 Å². The zero-order chi connectivity index (χ0) is 14.8. The first-order chi connectivity index (χ1) is 10.2. The Morgan fingerprint density at radius 1 is 1.24 bits per heavy atom. The molecule has 0 aliphatic carbocycles. The molecule has 0 aliphatic heterocycles. The monoisotopic (exact) mass is 300 g/mol. The third kappa shape index (κ3) is 2.67. The fourth-order valence-corrected chi connectivity index (χ4v) is 2.94. The van der Waals surface area contributed by atoms with E-state index >= 15 is 0 Å². The van der Waals surface area contributed by atoms with Crippen LogP contribution < -0.4 is 5.32 Å². The van der Waals surface area contributed by atoms with E-state index in [0.717, 1.165) is 16.3 Å². The minimum Gasteiger partial charge on any atom is -0.378 e. The van der Waals surface area contributed by atoms with Crippen molar-refractivity contribution in [1.82, 2.24) is 14.5 Å². The third-order valence-electron chi connectivity index (χ3n) is 3.38. The summed E-state index contributed by atoms with van der Waals surface area (Å²) in [4.78, 5) is 4.51. The maximum absolute atomic E-state index is 5.41. The van der Waals surface area contributed by atoms with E-state index in [9.17, 15) is 0 Å². The minimum absolute atomic E-state index is 0.522. The van der Waals surface area contributed by atoms with Crippen LogP contribution in [0, 0.1) is 13.8 Å². The van der Waals surface area contributed by atoms with Gasteiger partial charge in [-0.15, -0.1) is 0 Å². The Hall–Kier alpha value is -2.21. The molecule has 0 saturated heterocycles. The Kier molecular flexibility index (Phi) is 3.70. The van der Waals surface area contributed by atoms with Crippen LogP contribution in [0.25, 0.3) is 11.5 Å². The average Bonchev–Trinajstić information content (AvgIpc) is 3.07. The van der Waals surface area contributed by atoms with Gasteiger partial charge in [0.1, 0.15) is 5.00 Å². The highest BCUT2D eigenvalue weighted by Crippen LogP contribution is 2.33. The molecule has 2 aromatic heterocycles. The summed E-state index contributed by atoms with van der Waals surface area (Å²) >= 11 is 1.40. The van der Waals surface area contributed by atoms with E-state index in [-0.39, 0.29) is 0 Å². The van der Waals surface area contributed by atoms with Crippen LogP contribution in [-0.4, -0.2) is 21.6 Å². The van der Waals surface area contributed by atoms with Gasteiger partial charge in [0.05, 0.1) is 11.3 Å². The molecule has 0 fully saturated rings. The molecular formula is C15H16N4OS. The van der Waals surface area contributed by atoms with Gasteiger partial charge < -0.3 is 9.84 Å². The number of benzene rings is 1. The Bertz CT molecular complexity index is 763. The summed E-state index contributed by atoms with van der Waals surface area (Å²) in [6.45, 7) is 4.03. The van der Waals surface area contributed by atoms with Crippen LogP contribution in [0.5, 0.6) is 0 Å². The zero-order valence-corrected chi connectivity index (χ0v) is 13.0. The normalized spacial score (nSPS) is 10.8. The summed E-state index contributed by atoms with van der Waals surface area (Å²) in [5.74, 6) is 1.21. The van der Waals surface area contributed by atoms with Crippen LogP contribution in [0.1, 0.15) is 22.6 Å². The molecule has 3 aromatic rings. The summed E-state index contributed by atoms with van der Waals surface area (Å²) < 4.78 is 9.73. The van der Waals surface area contributed by atoms with E-state index < -0.39 is 0 Å². The van der Waals surface area contributed by atoms with E-state index in [1.807, 2.05) is 26.1 Å². The maximum atomic E-state index is 5.41. The van der Waals surface area contributed by atoms with Crippen molar-refractivity contribution in [2.24, 2.45) is 0 Å². The molecule has 21 heavy (non-hydrogen) atoms. The molecule has 1 aromatic carbocycles. The van der Waals surface area contributed by atoms with E-state index in [2.05, 4.69) is 38.9 Å². The number of nitrogens with one attached hydrogen (secondary N) is 1. The summed E-state index contributed by atoms with van der Waals surface area (Å²) in [7, 11) is 1.86. The number of aryl methyl sites for hydroxylation is 2. The molecule has 0 saturated carbocycles. The van der Waals surface area contributed by atoms with E-state index in [1.54, 1.807) is 0 Å². The van der Waals surface area contributed by atoms with Crippen molar-refractivity contribution in [2.75, 3.05) is 12.4 Å². The van der Waals surface area contributed by atoms with Gasteiger partial charge in [0.2, 0.25) is 0 Å². The van der Waals surface area contributed by atoms with Crippen molar-refractivity contribution < 1.29 is 4.52 Å². The second-order valence-corrected chi connectivity index (χ2v) is 5.61. The minimum atomic E-state index is 0.522. The Morgan fingerprint density at radius 3 is 2.81 bits per heavy atom. The number of rotatable bonds is 4. The number of aromatic nitrogens is 3. The molecule has 0 unspecified atom stereocenters. The summed E-state index contributed by atoms with van der Waals surface area (Å²) in [5, 5.41) is 8.14. The van der Waals surface area contributed by atoms with Gasteiger partial charge in [-0.3, -0.25) is 0 Å². The molecule has 108 valence electrons. The Morgan fingerprint density at radius 2 is 2.05 bits per heavy atom. The predicted molar refractivity (Wildman–Crippen MR) is 83.7 cm³/mol. The summed E-state index contributed by atoms with van der Waals surface area (Å²) in [6, 6.07) is 8.22. The molecule has 0 aliphatic rings. The molecule has 0 amide bonds. The zero-order valence-electron chi connectivity index (χ0n) is 12.2. The fraction of sp³-hybridized carbons (Fsp3) is 0.267. The van der Waals surface area contributed by atoms with Gasteiger partial charge in [-0.1, -0.05) is 29.4 Å². The van der Waals surface area contributed by atoms with Gasteiger partial charge in [0.25, 0.3) is 5.89 Å². The lowest BCUT2D eigenvalue weighted by Gasteiger charge is -2.00. The topological polar surface area (TPSA) is 63.8 Å². The van der Waals surface area contributed by atoms with Gasteiger partial charge in [-0.2, -0.15) is 9.36 Å². The molecule has 0 bridgehead atoms. The fourth-order valence-electron chi connectivity index (χ4n) is 2.20. The molecule has 5 nitrogen and oxygen atoms in total. The lowest BCUT2D eigenvalue weighted by molar-refractivity contribution is 0.424. The molecule has 3 rings (SSSR count). The van der Waals surface area contributed by atoms with E-state index in [0.29, 0.717) is 18.1 Å². The Labute approximate surface area is 127 Å². The average molecular weight is 300 g/mol. The quantitative estimate of drug-likeness (QED) is 0.799. The molecular weight excluding hydrogens is 284 g/mol. The molecule has 2 heterocycles. The van der Waals surface area contributed by atoms with Gasteiger partial charge in [-0.25, -0.2) is 0 Å². The van der Waals surface area contributed by atoms with Gasteiger partial charge in [0.15, 0.2) is 5.82 Å². The highest BCUT2D eigenvalue weighted by molar-refractivity contribution is 7.10. The van der Waals surface area contributed by atoms with Crippen molar-refractivity contribution in [3.63, 3.8) is 0 Å². The number of hydrogen-bond acceptors (Lipinski definition) is 6. The SMILES string of the molecule is CNc1snc(C)c1-c1nc(Cc2ccccc2C)no1. The second kappa shape index (κ2) is 5.65. The van der Waals surface area contributed by atoms with Crippen molar-refractivity contribution in [1.29, 1.82) is 0 Å². The number of nitrogens with zero attached hydrogens (tertiary/aromatic N) is 3. The standard InChI is InChI=1S/C15H16N4OS/c1-9-6-4-5-7-11(9)8-12-17-14(20-18-12)13-10(2)19-21-15(13)16-3/h4-7,16H,8H2,1-3H3. The first kappa shape index (κ1) is 13.8. The Balaban J connectivity index is 1.90. The first-order valence-corrected chi connectivity index (χ1v) is 7.48. The van der Waals surface area contributed by atoms with Crippen LogP contribution in [0.4, 0.5) is 5.00 Å². The highest BCUT2D eigenvalue weighted by atomic mass is 32.1. The largest absolute Gasteiger partial charge is 0.378 e. The summed E-state index contributed by atoms with van der Waals surface area (Å²) in [6.07, 6.45) is 0.668. The van der Waals surface area contributed by atoms with Gasteiger partial charge in [-0.05, 0) is 36.5 Å². The van der Waals surface area contributed by atoms with Crippen LogP contribution in [0.2, 0.25) is 0 Å². The van der Waals surface area contributed by atoms with Crippen LogP contribution in [0.3, 0.4) is 0 Å². The molecule has 0 atom stereocenters. The van der Waals surface area contributed by atoms with Crippen molar-refractivity contribution >= 4 is 16.5 Å². The first-order valence-electron chi connectivity index (χ1n) is 6.70. The van der Waals surface area contributed by atoms with Crippen molar-refractivity contribution in [2.45, 2.75) is 20.3 Å². The number of hydrogen-bond donors (Lipinski definition) is 1. The summed E-state index contributed by atoms with van der Waals surface area (Å²) in [5.41, 5.74) is 4.23. The van der Waals surface area contributed by atoms with Crippen molar-refractivity contribution in [3.8, 4) is 11.5 Å². The third-order valence-corrected chi connectivity index (χ3v) is 4.34. The lowest BCUT2D eigenvalue weighted by atomic mass is 10.1. The van der Waals surface area contributed by atoms with Crippen molar-refractivity contribution in [3.05, 3.63) is 46.9 Å². The highest BCUT2D eigenvalue weighted by Gasteiger charge is 2.18. The lowest BCUT2D eigenvalue weighted by Crippen LogP contribution is -1.94. The molecule has 0 radical (unpaired) electrons. The van der Waals surface area contributed by atoms with E-state index in [4.69, 9.17) is 4.52 Å². The van der Waals surface area contributed by atoms with Gasteiger partial charge >= 0.3 is 0 Å².